The zero-order valence-corrected chi connectivity index (χ0v) is 17.5. The molecule has 0 aliphatic carbocycles. The van der Waals surface area contributed by atoms with E-state index in [2.05, 4.69) is 5.32 Å². The SMILES string of the molecule is COc1cc(NC(=O)c2cc(S(=O)(=O)N3CCOCC3)ccc2Cl)cc(OC)c1. The molecule has 0 saturated carbocycles. The van der Waals surface area contributed by atoms with Gasteiger partial charge in [0.15, 0.2) is 0 Å². The zero-order chi connectivity index (χ0) is 21.0. The van der Waals surface area contributed by atoms with Gasteiger partial charge in [-0.2, -0.15) is 4.31 Å². The van der Waals surface area contributed by atoms with Gasteiger partial charge in [-0.05, 0) is 18.2 Å². The van der Waals surface area contributed by atoms with E-state index >= 15 is 0 Å². The maximum atomic E-state index is 12.9. The van der Waals surface area contributed by atoms with Gasteiger partial charge in [-0.15, -0.1) is 0 Å². The van der Waals surface area contributed by atoms with Gasteiger partial charge in [-0.1, -0.05) is 11.6 Å². The van der Waals surface area contributed by atoms with E-state index in [9.17, 15) is 13.2 Å². The second kappa shape index (κ2) is 9.00. The smallest absolute Gasteiger partial charge is 0.257 e. The average Bonchev–Trinajstić information content (AvgIpc) is 2.74. The fourth-order valence-corrected chi connectivity index (χ4v) is 4.49. The van der Waals surface area contributed by atoms with Crippen molar-refractivity contribution in [2.75, 3.05) is 45.8 Å². The van der Waals surface area contributed by atoms with Crippen LogP contribution in [0.2, 0.25) is 5.02 Å². The summed E-state index contributed by atoms with van der Waals surface area (Å²) in [7, 11) is -0.760. The molecule has 0 aromatic heterocycles. The number of ether oxygens (including phenoxy) is 3. The third-order valence-corrected chi connectivity index (χ3v) is 6.62. The van der Waals surface area contributed by atoms with E-state index < -0.39 is 15.9 Å². The molecule has 0 radical (unpaired) electrons. The molecule has 8 nitrogen and oxygen atoms in total. The Balaban J connectivity index is 1.89. The lowest BCUT2D eigenvalue weighted by molar-refractivity contribution is 0.0730. The van der Waals surface area contributed by atoms with Crippen LogP contribution in [0.15, 0.2) is 41.3 Å². The van der Waals surface area contributed by atoms with Gasteiger partial charge in [0.2, 0.25) is 10.0 Å². The van der Waals surface area contributed by atoms with Crippen LogP contribution in [0.1, 0.15) is 10.4 Å². The van der Waals surface area contributed by atoms with Gasteiger partial charge in [0.05, 0.1) is 42.9 Å². The predicted molar refractivity (Wildman–Crippen MR) is 109 cm³/mol. The summed E-state index contributed by atoms with van der Waals surface area (Å²) >= 11 is 6.17. The van der Waals surface area contributed by atoms with Crippen molar-refractivity contribution in [1.29, 1.82) is 0 Å². The molecule has 2 aromatic rings. The van der Waals surface area contributed by atoms with Crippen molar-refractivity contribution in [2.24, 2.45) is 0 Å². The number of benzene rings is 2. The number of sulfonamides is 1. The summed E-state index contributed by atoms with van der Waals surface area (Å²) in [5.41, 5.74) is 0.464. The lowest BCUT2D eigenvalue weighted by atomic mass is 10.2. The standard InChI is InChI=1S/C19H21ClN2O6S/c1-26-14-9-13(10-15(11-14)27-2)21-19(23)17-12-16(3-4-18(17)20)29(24,25)22-5-7-28-8-6-22/h3-4,9-12H,5-8H2,1-2H3,(H,21,23). The van der Waals surface area contributed by atoms with Crippen LogP contribution >= 0.6 is 11.6 Å². The van der Waals surface area contributed by atoms with Crippen LogP contribution in [-0.2, 0) is 14.8 Å². The molecule has 1 saturated heterocycles. The summed E-state index contributed by atoms with van der Waals surface area (Å²) in [6.07, 6.45) is 0. The molecule has 1 amide bonds. The number of morpholine rings is 1. The summed E-state index contributed by atoms with van der Waals surface area (Å²) in [6, 6.07) is 8.96. The van der Waals surface area contributed by atoms with Gasteiger partial charge in [-0.25, -0.2) is 8.42 Å². The van der Waals surface area contributed by atoms with Gasteiger partial charge >= 0.3 is 0 Å². The molecule has 0 unspecified atom stereocenters. The molecule has 3 rings (SSSR count). The molecular weight excluding hydrogens is 420 g/mol. The van der Waals surface area contributed by atoms with Crippen molar-refractivity contribution in [2.45, 2.75) is 4.90 Å². The molecule has 2 aromatic carbocycles. The van der Waals surface area contributed by atoms with Crippen LogP contribution in [0.25, 0.3) is 0 Å². The molecule has 10 heteroatoms. The second-order valence-corrected chi connectivity index (χ2v) is 8.56. The molecule has 156 valence electrons. The first kappa shape index (κ1) is 21.4. The number of hydrogen-bond donors (Lipinski definition) is 1. The van der Waals surface area contributed by atoms with E-state index in [0.29, 0.717) is 30.4 Å². The molecular formula is C19H21ClN2O6S. The normalized spacial score (nSPS) is 15.0. The fraction of sp³-hybridized carbons (Fsp3) is 0.316. The summed E-state index contributed by atoms with van der Waals surface area (Å²) < 4.78 is 42.6. The highest BCUT2D eigenvalue weighted by molar-refractivity contribution is 7.89. The summed E-state index contributed by atoms with van der Waals surface area (Å²) in [4.78, 5) is 12.8. The first-order valence-electron chi connectivity index (χ1n) is 8.77. The summed E-state index contributed by atoms with van der Waals surface area (Å²) in [5, 5.41) is 2.83. The van der Waals surface area contributed by atoms with E-state index in [1.54, 1.807) is 18.2 Å². The first-order chi connectivity index (χ1) is 13.8. The summed E-state index contributed by atoms with van der Waals surface area (Å²) in [5.74, 6) is 0.438. The van der Waals surface area contributed by atoms with Crippen LogP contribution in [-0.4, -0.2) is 59.2 Å². The molecule has 0 atom stereocenters. The van der Waals surface area contributed by atoms with E-state index in [0.717, 1.165) is 0 Å². The third kappa shape index (κ3) is 4.81. The minimum Gasteiger partial charge on any atom is -0.497 e. The van der Waals surface area contributed by atoms with Gasteiger partial charge in [0.25, 0.3) is 5.91 Å². The Kier molecular flexibility index (Phi) is 6.63. The van der Waals surface area contributed by atoms with Crippen LogP contribution in [0.3, 0.4) is 0 Å². The molecule has 29 heavy (non-hydrogen) atoms. The lowest BCUT2D eigenvalue weighted by Crippen LogP contribution is -2.40. The Hall–Kier alpha value is -2.33. The lowest BCUT2D eigenvalue weighted by Gasteiger charge is -2.26. The average molecular weight is 441 g/mol. The minimum absolute atomic E-state index is 0.00262. The van der Waals surface area contributed by atoms with Crippen LogP contribution in [0.5, 0.6) is 11.5 Å². The number of carbonyl (C=O) groups excluding carboxylic acids is 1. The van der Waals surface area contributed by atoms with Crippen molar-refractivity contribution in [3.63, 3.8) is 0 Å². The van der Waals surface area contributed by atoms with Gasteiger partial charge in [0.1, 0.15) is 11.5 Å². The second-order valence-electron chi connectivity index (χ2n) is 6.21. The van der Waals surface area contributed by atoms with Gasteiger partial charge in [0, 0.05) is 37.0 Å². The van der Waals surface area contributed by atoms with Crippen molar-refractivity contribution in [3.05, 3.63) is 47.0 Å². The van der Waals surface area contributed by atoms with E-state index in [1.807, 2.05) is 0 Å². The number of anilines is 1. The van der Waals surface area contributed by atoms with Crippen molar-refractivity contribution < 1.29 is 27.4 Å². The maximum Gasteiger partial charge on any atom is 0.257 e. The highest BCUT2D eigenvalue weighted by Gasteiger charge is 2.27. The van der Waals surface area contributed by atoms with Crippen LogP contribution in [0, 0.1) is 0 Å². The minimum atomic E-state index is -3.75. The zero-order valence-electron chi connectivity index (χ0n) is 16.0. The largest absolute Gasteiger partial charge is 0.497 e. The Morgan fingerprint density at radius 2 is 1.69 bits per heavy atom. The molecule has 0 spiro atoms. The van der Waals surface area contributed by atoms with Gasteiger partial charge < -0.3 is 19.5 Å². The highest BCUT2D eigenvalue weighted by Crippen LogP contribution is 2.28. The van der Waals surface area contributed by atoms with Crippen molar-refractivity contribution in [1.82, 2.24) is 4.31 Å². The van der Waals surface area contributed by atoms with Crippen LogP contribution in [0.4, 0.5) is 5.69 Å². The number of rotatable bonds is 6. The number of carbonyl (C=O) groups is 1. The molecule has 0 bridgehead atoms. The molecule has 1 aliphatic heterocycles. The number of amides is 1. The van der Waals surface area contributed by atoms with Crippen LogP contribution < -0.4 is 14.8 Å². The number of hydrogen-bond acceptors (Lipinski definition) is 6. The Morgan fingerprint density at radius 1 is 1.07 bits per heavy atom. The molecule has 1 fully saturated rings. The van der Waals surface area contributed by atoms with Gasteiger partial charge in [-0.3, -0.25) is 4.79 Å². The molecule has 1 N–H and O–H groups in total. The summed E-state index contributed by atoms with van der Waals surface area (Å²) in [6.45, 7) is 1.18. The Morgan fingerprint density at radius 3 is 2.28 bits per heavy atom. The maximum absolute atomic E-state index is 12.9. The number of nitrogens with zero attached hydrogens (tertiary/aromatic N) is 1. The first-order valence-corrected chi connectivity index (χ1v) is 10.6. The Labute approximate surface area is 174 Å². The number of halogens is 1. The predicted octanol–water partition coefficient (Wildman–Crippen LogP) is 2.63. The monoisotopic (exact) mass is 440 g/mol. The quantitative estimate of drug-likeness (QED) is 0.742. The number of methoxy groups -OCH3 is 2. The molecule has 1 aliphatic rings. The molecule has 1 heterocycles. The van der Waals surface area contributed by atoms with E-state index in [-0.39, 0.29) is 28.6 Å². The van der Waals surface area contributed by atoms with Crippen molar-refractivity contribution in [3.8, 4) is 11.5 Å². The topological polar surface area (TPSA) is 94.2 Å². The Bertz CT molecular complexity index is 984. The van der Waals surface area contributed by atoms with E-state index in [4.69, 9.17) is 25.8 Å². The third-order valence-electron chi connectivity index (χ3n) is 4.40. The highest BCUT2D eigenvalue weighted by atomic mass is 35.5. The van der Waals surface area contributed by atoms with Crippen molar-refractivity contribution >= 4 is 33.2 Å². The van der Waals surface area contributed by atoms with E-state index in [1.165, 1.54) is 36.7 Å². The fourth-order valence-electron chi connectivity index (χ4n) is 2.85. The number of nitrogens with one attached hydrogen (secondary N) is 1.